The lowest BCUT2D eigenvalue weighted by Gasteiger charge is -2.20. The van der Waals surface area contributed by atoms with E-state index in [2.05, 4.69) is 5.32 Å². The van der Waals surface area contributed by atoms with Crippen LogP contribution in [0.5, 0.6) is 5.75 Å². The molecule has 7 heteroatoms. The van der Waals surface area contributed by atoms with Crippen molar-refractivity contribution in [3.63, 3.8) is 0 Å². The van der Waals surface area contributed by atoms with Crippen LogP contribution in [0.15, 0.2) is 24.3 Å². The van der Waals surface area contributed by atoms with Crippen LogP contribution in [0.2, 0.25) is 0 Å². The second-order valence-electron chi connectivity index (χ2n) is 4.19. The molecule has 0 bridgehead atoms. The van der Waals surface area contributed by atoms with E-state index in [4.69, 9.17) is 10.5 Å². The SMILES string of the molecule is COc1ccc(NC(=O)CN(CCN)CC(F)F)cc1. The Labute approximate surface area is 116 Å². The molecule has 1 aromatic carbocycles. The Morgan fingerprint density at radius 3 is 2.55 bits per heavy atom. The molecule has 5 nitrogen and oxygen atoms in total. The number of nitrogens with one attached hydrogen (secondary N) is 1. The topological polar surface area (TPSA) is 67.6 Å². The maximum atomic E-state index is 12.3. The number of nitrogens with zero attached hydrogens (tertiary/aromatic N) is 1. The molecular weight excluding hydrogens is 268 g/mol. The third-order valence-corrected chi connectivity index (χ3v) is 2.58. The molecule has 3 N–H and O–H groups in total. The van der Waals surface area contributed by atoms with Gasteiger partial charge in [-0.1, -0.05) is 0 Å². The molecule has 1 aromatic rings. The zero-order chi connectivity index (χ0) is 15.0. The second kappa shape index (κ2) is 8.44. The van der Waals surface area contributed by atoms with Gasteiger partial charge in [-0.3, -0.25) is 9.69 Å². The average Bonchev–Trinajstić information content (AvgIpc) is 2.39. The standard InChI is InChI=1S/C13H19F2N3O2/c1-20-11-4-2-10(3-5-11)17-13(19)9-18(7-6-16)8-12(14)15/h2-5,12H,6-9,16H2,1H3,(H,17,19). The van der Waals surface area contributed by atoms with E-state index in [1.54, 1.807) is 31.4 Å². The Hall–Kier alpha value is -1.73. The molecule has 0 atom stereocenters. The van der Waals surface area contributed by atoms with E-state index < -0.39 is 13.0 Å². The van der Waals surface area contributed by atoms with Crippen LogP contribution in [0, 0.1) is 0 Å². The third-order valence-electron chi connectivity index (χ3n) is 2.58. The van der Waals surface area contributed by atoms with Crippen LogP contribution in [-0.4, -0.2) is 50.5 Å². The number of alkyl halides is 2. The minimum absolute atomic E-state index is 0.117. The van der Waals surface area contributed by atoms with E-state index in [1.807, 2.05) is 0 Å². The molecule has 0 saturated heterocycles. The summed E-state index contributed by atoms with van der Waals surface area (Å²) in [4.78, 5) is 13.1. The van der Waals surface area contributed by atoms with Gasteiger partial charge in [-0.15, -0.1) is 0 Å². The summed E-state index contributed by atoms with van der Waals surface area (Å²) in [6, 6.07) is 6.76. The molecule has 1 rings (SSSR count). The number of halogens is 2. The normalized spacial score (nSPS) is 10.9. The van der Waals surface area contributed by atoms with Crippen molar-refractivity contribution in [3.8, 4) is 5.75 Å². The van der Waals surface area contributed by atoms with E-state index in [0.717, 1.165) is 0 Å². The van der Waals surface area contributed by atoms with E-state index in [9.17, 15) is 13.6 Å². The van der Waals surface area contributed by atoms with Crippen molar-refractivity contribution in [2.45, 2.75) is 6.43 Å². The number of hydrogen-bond donors (Lipinski definition) is 2. The van der Waals surface area contributed by atoms with E-state index in [-0.39, 0.29) is 25.5 Å². The summed E-state index contributed by atoms with van der Waals surface area (Å²) in [5.74, 6) is 0.315. The zero-order valence-corrected chi connectivity index (χ0v) is 11.3. The van der Waals surface area contributed by atoms with Gasteiger partial charge < -0.3 is 15.8 Å². The number of ether oxygens (including phenoxy) is 1. The summed E-state index contributed by atoms with van der Waals surface area (Å²) in [5.41, 5.74) is 5.92. The lowest BCUT2D eigenvalue weighted by atomic mass is 10.3. The molecule has 0 saturated carbocycles. The van der Waals surface area contributed by atoms with Gasteiger partial charge in [0, 0.05) is 18.8 Å². The van der Waals surface area contributed by atoms with Crippen LogP contribution in [0.4, 0.5) is 14.5 Å². The Morgan fingerprint density at radius 2 is 2.05 bits per heavy atom. The average molecular weight is 287 g/mol. The van der Waals surface area contributed by atoms with Gasteiger partial charge >= 0.3 is 0 Å². The number of carbonyl (C=O) groups excluding carboxylic acids is 1. The quantitative estimate of drug-likeness (QED) is 0.753. The first kappa shape index (κ1) is 16.3. The first-order chi connectivity index (χ1) is 9.55. The van der Waals surface area contributed by atoms with E-state index in [0.29, 0.717) is 11.4 Å². The zero-order valence-electron chi connectivity index (χ0n) is 11.3. The molecule has 0 aliphatic carbocycles. The first-order valence-electron chi connectivity index (χ1n) is 6.19. The van der Waals surface area contributed by atoms with Gasteiger partial charge in [-0.05, 0) is 24.3 Å². The summed E-state index contributed by atoms with van der Waals surface area (Å²) in [7, 11) is 1.54. The van der Waals surface area contributed by atoms with Crippen molar-refractivity contribution in [3.05, 3.63) is 24.3 Å². The summed E-state index contributed by atoms with van der Waals surface area (Å²) in [6.45, 7) is -0.107. The highest BCUT2D eigenvalue weighted by Gasteiger charge is 2.15. The van der Waals surface area contributed by atoms with Gasteiger partial charge in [0.15, 0.2) is 0 Å². The molecule has 0 aromatic heterocycles. The van der Waals surface area contributed by atoms with Crippen molar-refractivity contribution < 1.29 is 18.3 Å². The smallest absolute Gasteiger partial charge is 0.251 e. The van der Waals surface area contributed by atoms with Crippen LogP contribution in [0.3, 0.4) is 0 Å². The van der Waals surface area contributed by atoms with Crippen LogP contribution in [0.1, 0.15) is 0 Å². The molecule has 0 radical (unpaired) electrons. The highest BCUT2D eigenvalue weighted by molar-refractivity contribution is 5.92. The Bertz CT molecular complexity index is 413. The molecule has 0 fully saturated rings. The van der Waals surface area contributed by atoms with Crippen molar-refractivity contribution in [1.29, 1.82) is 0 Å². The van der Waals surface area contributed by atoms with Crippen LogP contribution in [-0.2, 0) is 4.79 Å². The summed E-state index contributed by atoms with van der Waals surface area (Å²) < 4.78 is 29.7. The molecule has 0 unspecified atom stereocenters. The molecule has 1 amide bonds. The molecule has 20 heavy (non-hydrogen) atoms. The predicted molar refractivity (Wildman–Crippen MR) is 73.1 cm³/mol. The summed E-state index contributed by atoms with van der Waals surface area (Å²) >= 11 is 0. The molecule has 0 spiro atoms. The first-order valence-corrected chi connectivity index (χ1v) is 6.19. The predicted octanol–water partition coefficient (Wildman–Crippen LogP) is 1.16. The fourth-order valence-corrected chi connectivity index (χ4v) is 1.69. The third kappa shape index (κ3) is 5.94. The highest BCUT2D eigenvalue weighted by Crippen LogP contribution is 2.14. The van der Waals surface area contributed by atoms with Gasteiger partial charge in [0.2, 0.25) is 5.91 Å². The Morgan fingerprint density at radius 1 is 1.40 bits per heavy atom. The number of nitrogens with two attached hydrogens (primary N) is 1. The Kier molecular flexibility index (Phi) is 6.89. The minimum atomic E-state index is -2.49. The lowest BCUT2D eigenvalue weighted by Crippen LogP contribution is -2.39. The van der Waals surface area contributed by atoms with Gasteiger partial charge in [0.05, 0.1) is 20.2 Å². The van der Waals surface area contributed by atoms with Gasteiger partial charge in [0.1, 0.15) is 5.75 Å². The number of methoxy groups -OCH3 is 1. The highest BCUT2D eigenvalue weighted by atomic mass is 19.3. The summed E-state index contributed by atoms with van der Waals surface area (Å²) in [6.07, 6.45) is -2.49. The maximum Gasteiger partial charge on any atom is 0.251 e. The van der Waals surface area contributed by atoms with Crippen LogP contribution < -0.4 is 15.8 Å². The van der Waals surface area contributed by atoms with Crippen LogP contribution in [0.25, 0.3) is 0 Å². The number of hydrogen-bond acceptors (Lipinski definition) is 4. The number of amides is 1. The largest absolute Gasteiger partial charge is 0.497 e. The number of anilines is 1. The second-order valence-corrected chi connectivity index (χ2v) is 4.19. The number of carbonyl (C=O) groups is 1. The minimum Gasteiger partial charge on any atom is -0.497 e. The fraction of sp³-hybridized carbons (Fsp3) is 0.462. The van der Waals surface area contributed by atoms with Crippen molar-refractivity contribution in [2.75, 3.05) is 38.6 Å². The van der Waals surface area contributed by atoms with E-state index >= 15 is 0 Å². The molecule has 0 aliphatic rings. The van der Waals surface area contributed by atoms with Gasteiger partial charge in [0.25, 0.3) is 6.43 Å². The van der Waals surface area contributed by atoms with Gasteiger partial charge in [-0.2, -0.15) is 0 Å². The van der Waals surface area contributed by atoms with E-state index in [1.165, 1.54) is 4.90 Å². The number of benzene rings is 1. The van der Waals surface area contributed by atoms with Crippen molar-refractivity contribution >= 4 is 11.6 Å². The molecule has 0 heterocycles. The number of rotatable bonds is 8. The van der Waals surface area contributed by atoms with Gasteiger partial charge in [-0.25, -0.2) is 8.78 Å². The fourth-order valence-electron chi connectivity index (χ4n) is 1.69. The molecule has 112 valence electrons. The molecule has 0 aliphatic heterocycles. The van der Waals surface area contributed by atoms with Crippen molar-refractivity contribution in [2.24, 2.45) is 5.73 Å². The Balaban J connectivity index is 2.51. The monoisotopic (exact) mass is 287 g/mol. The lowest BCUT2D eigenvalue weighted by molar-refractivity contribution is -0.117. The van der Waals surface area contributed by atoms with Crippen LogP contribution >= 0.6 is 0 Å². The molecular formula is C13H19F2N3O2. The van der Waals surface area contributed by atoms with Crippen molar-refractivity contribution in [1.82, 2.24) is 4.90 Å². The summed E-state index contributed by atoms with van der Waals surface area (Å²) in [5, 5.41) is 2.63. The maximum absolute atomic E-state index is 12.3.